The van der Waals surface area contributed by atoms with E-state index < -0.39 is 120 Å². The summed E-state index contributed by atoms with van der Waals surface area (Å²) < 4.78 is 33.1. The fourth-order valence-corrected chi connectivity index (χ4v) is 7.48. The summed E-state index contributed by atoms with van der Waals surface area (Å²) in [6, 6.07) is 5.26. The number of rotatable bonds is 32. The number of carboxylic acids is 2. The first-order valence-electron chi connectivity index (χ1n) is 22.3. The van der Waals surface area contributed by atoms with Gasteiger partial charge < -0.3 is 68.5 Å². The number of carbonyl (C=O) groups excluding carboxylic acids is 6. The van der Waals surface area contributed by atoms with Crippen LogP contribution in [0, 0.1) is 12.8 Å². The fourth-order valence-electron chi connectivity index (χ4n) is 6.41. The van der Waals surface area contributed by atoms with E-state index in [-0.39, 0.29) is 75.0 Å². The van der Waals surface area contributed by atoms with Gasteiger partial charge in [0.05, 0.1) is 18.1 Å². The maximum absolute atomic E-state index is 13.9. The number of benzene rings is 2. The van der Waals surface area contributed by atoms with E-state index in [9.17, 15) is 62.1 Å². The first-order valence-corrected chi connectivity index (χ1v) is 23.8. The highest BCUT2D eigenvalue weighted by Crippen LogP contribution is 2.12. The van der Waals surface area contributed by atoms with Crippen molar-refractivity contribution in [3.63, 3.8) is 0 Å². The minimum absolute atomic E-state index is 0.000691. The topological polar surface area (TPSA) is 409 Å². The number of carboxylic acid groups (broad SMARTS) is 2. The highest BCUT2D eigenvalue weighted by atomic mass is 32.2. The molecule has 2 aromatic rings. The number of nitrogens with one attached hydrogen (secondary N) is 7. The van der Waals surface area contributed by atoms with E-state index in [1.165, 1.54) is 12.1 Å². The number of aliphatic hydroxyl groups is 2. The zero-order valence-electron chi connectivity index (χ0n) is 39.2. The minimum Gasteiger partial charge on any atom is -0.481 e. The zero-order chi connectivity index (χ0) is 52.4. The van der Waals surface area contributed by atoms with Gasteiger partial charge in [0.1, 0.15) is 42.9 Å². The molecule has 2 rings (SSSR count). The molecule has 26 heteroatoms. The normalized spacial score (nSPS) is 13.7. The Kier molecular flexibility index (Phi) is 25.9. The molecule has 25 nitrogen and oxygen atoms in total. The van der Waals surface area contributed by atoms with Gasteiger partial charge in [0.25, 0.3) is 0 Å². The molecule has 6 atom stereocenters. The summed E-state index contributed by atoms with van der Waals surface area (Å²) in [4.78, 5) is 108. The Morgan fingerprint density at radius 1 is 0.643 bits per heavy atom. The third kappa shape index (κ3) is 22.5. The van der Waals surface area contributed by atoms with Gasteiger partial charge in [0.15, 0.2) is 5.96 Å². The third-order valence-electron chi connectivity index (χ3n) is 10.2. The van der Waals surface area contributed by atoms with Crippen LogP contribution in [0.15, 0.2) is 64.5 Å². The van der Waals surface area contributed by atoms with Gasteiger partial charge in [-0.1, -0.05) is 61.9 Å². The second kappa shape index (κ2) is 30.6. The maximum atomic E-state index is 13.9. The van der Waals surface area contributed by atoms with Crippen LogP contribution in [0.25, 0.3) is 0 Å². The van der Waals surface area contributed by atoms with Gasteiger partial charge in [-0.05, 0) is 75.5 Å². The predicted octanol–water partition coefficient (Wildman–Crippen LogP) is -1.80. The number of hydrogen-bond donors (Lipinski definition) is 13. The molecule has 388 valence electrons. The van der Waals surface area contributed by atoms with Gasteiger partial charge in [-0.15, -0.1) is 0 Å². The standard InChI is InChI=1S/C44H66N10O15S/c1-26(2)22-33(52-41(63)35(24-56)54-44(66)69-25-28-10-5-4-6-11-28)39(61)49-31(13-9-20-47-43(45)46)38(60)53-34(23-55)40(62)50-30(37(59)51-32(42(64)65)18-19-36(57)58)12-7-8-21-48-70(67,68)29-16-14-27(3)15-17-29/h4-6,10-11,14-17,26,30-35,48,55-56H,7-9,12-13,18-25H2,1-3H3,(H,49,61)(H,50,62)(H,51,59)(H,52,63)(H,53,60)(H,54,66)(H,57,58)(H,64,65)(H4,45,46,47)/t30-,31-,32-,33-,34-,35-/m0/s1. The van der Waals surface area contributed by atoms with Gasteiger partial charge >= 0.3 is 18.0 Å². The largest absolute Gasteiger partial charge is 0.481 e. The molecule has 0 spiro atoms. The SMILES string of the molecule is Cc1ccc(S(=O)(=O)NCCCC[C@H](NC(=O)[C@H](CO)NC(=O)[C@H](CCCN=C(N)N)NC(=O)[C@H](CC(C)C)NC(=O)[C@H](CO)NC(=O)OCc2ccccc2)C(=O)N[C@@H](CCC(=O)O)C(=O)O)cc1. The van der Waals surface area contributed by atoms with Crippen molar-refractivity contribution in [1.29, 1.82) is 0 Å². The van der Waals surface area contributed by atoms with E-state index in [2.05, 4.69) is 41.6 Å². The molecule has 2 aromatic carbocycles. The van der Waals surface area contributed by atoms with Crippen LogP contribution in [0.3, 0.4) is 0 Å². The molecular weight excluding hydrogens is 941 g/mol. The number of aliphatic imine (C=N–C) groups is 1. The van der Waals surface area contributed by atoms with E-state index >= 15 is 0 Å². The molecule has 6 amide bonds. The molecule has 0 saturated carbocycles. The molecule has 15 N–H and O–H groups in total. The number of carbonyl (C=O) groups is 8. The molecule has 0 aliphatic rings. The van der Waals surface area contributed by atoms with Gasteiger partial charge in [0.2, 0.25) is 39.6 Å². The predicted molar refractivity (Wildman–Crippen MR) is 251 cm³/mol. The number of guanidine groups is 1. The lowest BCUT2D eigenvalue weighted by atomic mass is 10.0. The summed E-state index contributed by atoms with van der Waals surface area (Å²) in [7, 11) is -3.91. The number of hydrogen-bond acceptors (Lipinski definition) is 14. The molecule has 0 saturated heterocycles. The summed E-state index contributed by atoms with van der Waals surface area (Å²) in [5, 5.41) is 53.1. The van der Waals surface area contributed by atoms with Crippen molar-refractivity contribution in [1.82, 2.24) is 36.6 Å². The van der Waals surface area contributed by atoms with Crippen molar-refractivity contribution in [2.24, 2.45) is 22.4 Å². The van der Waals surface area contributed by atoms with Crippen molar-refractivity contribution in [3.05, 3.63) is 65.7 Å². The van der Waals surface area contributed by atoms with Crippen LogP contribution in [0.2, 0.25) is 0 Å². The van der Waals surface area contributed by atoms with E-state index in [0.717, 1.165) is 5.56 Å². The van der Waals surface area contributed by atoms with E-state index in [1.807, 2.05) is 0 Å². The summed E-state index contributed by atoms with van der Waals surface area (Å²) in [5.41, 5.74) is 12.4. The van der Waals surface area contributed by atoms with Gasteiger partial charge in [-0.25, -0.2) is 22.7 Å². The zero-order valence-corrected chi connectivity index (χ0v) is 40.0. The van der Waals surface area contributed by atoms with Crippen LogP contribution >= 0.6 is 0 Å². The summed E-state index contributed by atoms with van der Waals surface area (Å²) in [6.07, 6.45) is -2.33. The third-order valence-corrected chi connectivity index (χ3v) is 11.7. The fraction of sp³-hybridized carbons (Fsp3) is 0.523. The number of alkyl carbamates (subject to hydrolysis) is 1. The first-order chi connectivity index (χ1) is 33.1. The minimum atomic E-state index is -3.91. The Hall–Kier alpha value is -6.90. The summed E-state index contributed by atoms with van der Waals surface area (Å²) in [6.45, 7) is 3.05. The molecule has 0 fully saturated rings. The Balaban J connectivity index is 2.28. The van der Waals surface area contributed by atoms with Gasteiger partial charge in [-0.2, -0.15) is 0 Å². The van der Waals surface area contributed by atoms with Gasteiger partial charge in [-0.3, -0.25) is 33.8 Å². The van der Waals surface area contributed by atoms with E-state index in [1.54, 1.807) is 63.2 Å². The number of ether oxygens (including phenoxy) is 1. The molecule has 0 aliphatic heterocycles. The average Bonchev–Trinajstić information content (AvgIpc) is 3.30. The molecule has 0 heterocycles. The molecule has 0 bridgehead atoms. The Bertz CT molecular complexity index is 2190. The molecule has 70 heavy (non-hydrogen) atoms. The lowest BCUT2D eigenvalue weighted by molar-refractivity contribution is -0.143. The van der Waals surface area contributed by atoms with Crippen LogP contribution in [0.5, 0.6) is 0 Å². The molecule has 0 aromatic heterocycles. The van der Waals surface area contributed by atoms with Crippen molar-refractivity contribution in [2.45, 2.75) is 120 Å². The Morgan fingerprint density at radius 2 is 1.14 bits per heavy atom. The quantitative estimate of drug-likeness (QED) is 0.0218. The number of unbranched alkanes of at least 4 members (excludes halogenated alkanes) is 1. The van der Waals surface area contributed by atoms with E-state index in [0.29, 0.717) is 5.56 Å². The monoisotopic (exact) mass is 1010 g/mol. The molecule has 0 unspecified atom stereocenters. The van der Waals surface area contributed by atoms with Crippen molar-refractivity contribution >= 4 is 63.6 Å². The lowest BCUT2D eigenvalue weighted by Crippen LogP contribution is -2.60. The van der Waals surface area contributed by atoms with Crippen LogP contribution in [-0.2, 0) is 54.9 Å². The summed E-state index contributed by atoms with van der Waals surface area (Å²) in [5.74, 6) is -8.52. The Labute approximate surface area is 405 Å². The number of sulfonamides is 1. The number of nitrogens with zero attached hydrogens (tertiary/aromatic N) is 1. The number of aliphatic hydroxyl groups excluding tert-OH is 2. The second-order valence-electron chi connectivity index (χ2n) is 16.5. The highest BCUT2D eigenvalue weighted by Gasteiger charge is 2.33. The van der Waals surface area contributed by atoms with Crippen LogP contribution < -0.4 is 48.1 Å². The van der Waals surface area contributed by atoms with Crippen LogP contribution in [-0.4, -0.2) is 145 Å². The van der Waals surface area contributed by atoms with Gasteiger partial charge in [0, 0.05) is 19.5 Å². The van der Waals surface area contributed by atoms with E-state index in [4.69, 9.17) is 21.3 Å². The first kappa shape index (κ1) is 59.2. The molecule has 0 radical (unpaired) electrons. The van der Waals surface area contributed by atoms with Crippen molar-refractivity contribution in [2.75, 3.05) is 26.3 Å². The number of nitrogens with two attached hydrogens (primary N) is 2. The van der Waals surface area contributed by atoms with Crippen LogP contribution in [0.4, 0.5) is 4.79 Å². The maximum Gasteiger partial charge on any atom is 0.408 e. The number of amides is 6. The lowest BCUT2D eigenvalue weighted by Gasteiger charge is -2.27. The van der Waals surface area contributed by atoms with Crippen molar-refractivity contribution in [3.8, 4) is 0 Å². The smallest absolute Gasteiger partial charge is 0.408 e. The number of aryl methyl sites for hydroxylation is 1. The second-order valence-corrected chi connectivity index (χ2v) is 18.3. The highest BCUT2D eigenvalue weighted by molar-refractivity contribution is 7.89. The Morgan fingerprint density at radius 3 is 1.67 bits per heavy atom. The molecular formula is C44H66N10O15S. The average molecular weight is 1010 g/mol. The van der Waals surface area contributed by atoms with Crippen LogP contribution in [0.1, 0.15) is 76.3 Å². The molecule has 0 aliphatic carbocycles. The number of aliphatic carboxylic acids is 2. The van der Waals surface area contributed by atoms with Crippen molar-refractivity contribution < 1.29 is 71.9 Å². The summed E-state index contributed by atoms with van der Waals surface area (Å²) >= 11 is 0.